The summed E-state index contributed by atoms with van der Waals surface area (Å²) < 4.78 is 0. The lowest BCUT2D eigenvalue weighted by molar-refractivity contribution is -0.155. The number of benzene rings is 1. The molecule has 4 rings (SSSR count). The Morgan fingerprint density at radius 1 is 1.22 bits per heavy atom. The highest BCUT2D eigenvalue weighted by Crippen LogP contribution is 2.54. The predicted molar refractivity (Wildman–Crippen MR) is 132 cm³/mol. The van der Waals surface area contributed by atoms with E-state index in [9.17, 15) is 34.8 Å². The third-order valence-electron chi connectivity index (χ3n) is 7.73. The first-order chi connectivity index (χ1) is 17.0. The molecule has 8 heteroatoms. The van der Waals surface area contributed by atoms with E-state index in [1.807, 2.05) is 0 Å². The van der Waals surface area contributed by atoms with Gasteiger partial charge in [0.05, 0.1) is 5.56 Å². The van der Waals surface area contributed by atoms with E-state index in [2.05, 4.69) is 18.8 Å². The highest BCUT2D eigenvalue weighted by Gasteiger charge is 2.64. The summed E-state index contributed by atoms with van der Waals surface area (Å²) in [6.45, 7) is 5.53. The molecule has 0 aliphatic heterocycles. The average Bonchev–Trinajstić information content (AvgIpc) is 2.80. The first kappa shape index (κ1) is 25.5. The fourth-order valence-corrected chi connectivity index (χ4v) is 6.02. The number of amides is 1. The second-order valence-corrected chi connectivity index (χ2v) is 10.2. The van der Waals surface area contributed by atoms with Crippen LogP contribution in [0.15, 0.2) is 29.0 Å². The number of phenols is 1. The van der Waals surface area contributed by atoms with E-state index in [1.54, 1.807) is 19.9 Å². The maximum atomic E-state index is 13.8. The van der Waals surface area contributed by atoms with E-state index in [0.29, 0.717) is 17.5 Å². The Balaban J connectivity index is 1.91. The van der Waals surface area contributed by atoms with Crippen molar-refractivity contribution < 1.29 is 34.8 Å². The molecule has 0 aromatic heterocycles. The SMILES string of the molecule is CCCCC#Cc1ccc(O)c2c1C[C@H]1C[C@H]3[C@H](C(C)C)C(=O)C(C(N)=O)=C(O)[C@@]3(O)C(=O)C1=C2O. The quantitative estimate of drug-likeness (QED) is 0.245. The van der Waals surface area contributed by atoms with Crippen LogP contribution in [0.1, 0.15) is 63.1 Å². The number of Topliss-reactive ketones (excluding diaryl/α,β-unsaturated/α-hetero) is 2. The molecule has 6 N–H and O–H groups in total. The molecule has 3 aliphatic carbocycles. The van der Waals surface area contributed by atoms with Crippen molar-refractivity contribution in [3.8, 4) is 17.6 Å². The molecular formula is C28H31NO7. The number of nitrogens with two attached hydrogens (primary N) is 1. The van der Waals surface area contributed by atoms with Gasteiger partial charge in [-0.25, -0.2) is 0 Å². The van der Waals surface area contributed by atoms with Crippen molar-refractivity contribution in [1.29, 1.82) is 0 Å². The van der Waals surface area contributed by atoms with Crippen molar-refractivity contribution in [2.45, 2.75) is 58.5 Å². The van der Waals surface area contributed by atoms with Crippen LogP contribution in [0.2, 0.25) is 0 Å². The van der Waals surface area contributed by atoms with Gasteiger partial charge in [0.15, 0.2) is 11.4 Å². The Morgan fingerprint density at radius 2 is 1.92 bits per heavy atom. The van der Waals surface area contributed by atoms with Crippen LogP contribution in [0, 0.1) is 35.5 Å². The number of ketones is 2. The van der Waals surface area contributed by atoms with Gasteiger partial charge in [0.2, 0.25) is 5.78 Å². The highest BCUT2D eigenvalue weighted by molar-refractivity contribution is 6.23. The van der Waals surface area contributed by atoms with Crippen LogP contribution >= 0.6 is 0 Å². The molecule has 4 atom stereocenters. The Bertz CT molecular complexity index is 1290. The molecule has 0 radical (unpaired) electrons. The number of hydrogen-bond acceptors (Lipinski definition) is 7. The number of carbonyl (C=O) groups is 3. The topological polar surface area (TPSA) is 158 Å². The Hall–Kier alpha value is -3.57. The molecule has 0 unspecified atom stereocenters. The number of hydrogen-bond donors (Lipinski definition) is 5. The second-order valence-electron chi connectivity index (χ2n) is 10.2. The van der Waals surface area contributed by atoms with E-state index in [-0.39, 0.29) is 35.6 Å². The molecule has 0 spiro atoms. The van der Waals surface area contributed by atoms with Crippen LogP contribution in [-0.4, -0.2) is 43.5 Å². The van der Waals surface area contributed by atoms with Crippen molar-refractivity contribution in [3.63, 3.8) is 0 Å². The summed E-state index contributed by atoms with van der Waals surface area (Å²) in [4.78, 5) is 39.0. The summed E-state index contributed by atoms with van der Waals surface area (Å²) in [5.41, 5.74) is 3.07. The van der Waals surface area contributed by atoms with E-state index >= 15 is 0 Å². The molecule has 8 nitrogen and oxygen atoms in total. The van der Waals surface area contributed by atoms with Gasteiger partial charge in [0.1, 0.15) is 22.8 Å². The number of aliphatic hydroxyl groups is 3. The molecule has 0 bridgehead atoms. The lowest BCUT2D eigenvalue weighted by Crippen LogP contribution is -2.62. The minimum Gasteiger partial charge on any atom is -0.508 e. The molecule has 190 valence electrons. The number of aliphatic hydroxyl groups excluding tert-OH is 2. The Kier molecular flexibility index (Phi) is 6.48. The van der Waals surface area contributed by atoms with Crippen molar-refractivity contribution in [2.75, 3.05) is 0 Å². The summed E-state index contributed by atoms with van der Waals surface area (Å²) in [7, 11) is 0. The zero-order chi connectivity index (χ0) is 26.5. The number of carbonyl (C=O) groups excluding carboxylic acids is 3. The molecule has 0 heterocycles. The number of fused-ring (bicyclic) bond motifs is 3. The Labute approximate surface area is 209 Å². The van der Waals surface area contributed by atoms with Crippen molar-refractivity contribution in [2.24, 2.45) is 29.4 Å². The molecular weight excluding hydrogens is 462 g/mol. The van der Waals surface area contributed by atoms with Crippen LogP contribution in [-0.2, 0) is 20.8 Å². The number of phenolic OH excluding ortho intramolecular Hbond substituents is 1. The van der Waals surface area contributed by atoms with Crippen molar-refractivity contribution in [3.05, 3.63) is 45.7 Å². The van der Waals surface area contributed by atoms with Gasteiger partial charge in [-0.3, -0.25) is 14.4 Å². The summed E-state index contributed by atoms with van der Waals surface area (Å²) in [6.07, 6.45) is 2.96. The van der Waals surface area contributed by atoms with Crippen molar-refractivity contribution >= 4 is 23.2 Å². The van der Waals surface area contributed by atoms with Gasteiger partial charge in [-0.1, -0.05) is 39.0 Å². The molecule has 0 saturated heterocycles. The smallest absolute Gasteiger partial charge is 0.255 e. The zero-order valence-corrected chi connectivity index (χ0v) is 20.6. The fraction of sp³-hybridized carbons (Fsp3) is 0.464. The molecule has 1 saturated carbocycles. The van der Waals surface area contributed by atoms with E-state index < -0.39 is 57.9 Å². The van der Waals surface area contributed by atoms with E-state index in [1.165, 1.54) is 6.07 Å². The summed E-state index contributed by atoms with van der Waals surface area (Å²) in [6, 6.07) is 3.06. The van der Waals surface area contributed by atoms with E-state index in [0.717, 1.165) is 12.8 Å². The van der Waals surface area contributed by atoms with Crippen LogP contribution in [0.4, 0.5) is 0 Å². The zero-order valence-electron chi connectivity index (χ0n) is 20.6. The maximum absolute atomic E-state index is 13.8. The van der Waals surface area contributed by atoms with Gasteiger partial charge < -0.3 is 26.2 Å². The largest absolute Gasteiger partial charge is 0.508 e. The average molecular weight is 494 g/mol. The summed E-state index contributed by atoms with van der Waals surface area (Å²) in [5, 5.41) is 44.3. The molecule has 1 amide bonds. The first-order valence-electron chi connectivity index (χ1n) is 12.3. The first-order valence-corrected chi connectivity index (χ1v) is 12.3. The normalized spacial score (nSPS) is 27.3. The maximum Gasteiger partial charge on any atom is 0.255 e. The van der Waals surface area contributed by atoms with E-state index in [4.69, 9.17) is 5.73 Å². The Morgan fingerprint density at radius 3 is 2.53 bits per heavy atom. The molecule has 1 fully saturated rings. The minimum atomic E-state index is -2.60. The lowest BCUT2D eigenvalue weighted by Gasteiger charge is -2.50. The predicted octanol–water partition coefficient (Wildman–Crippen LogP) is 2.85. The van der Waals surface area contributed by atoms with Gasteiger partial charge in [-0.2, -0.15) is 0 Å². The van der Waals surface area contributed by atoms with Gasteiger partial charge >= 0.3 is 0 Å². The second kappa shape index (κ2) is 9.14. The number of aromatic hydroxyl groups is 1. The number of primary amides is 1. The standard InChI is InChI=1S/C28H31NO7/c1-4-5-6-7-8-14-9-10-18(30)21-16(14)11-15-12-17-19(13(2)3)23(31)22(27(29)35)26(34)28(17,36)25(33)20(15)24(21)32/h9-10,13,15,17,19,30,32,34,36H,4-6,11-12H2,1-3H3,(H2,29,35)/t15-,17-,19-,28-/m0/s1. The number of unbranched alkanes of at least 4 members (excludes halogenated alkanes) is 2. The van der Waals surface area contributed by atoms with Crippen LogP contribution < -0.4 is 5.73 Å². The molecule has 1 aromatic carbocycles. The summed E-state index contributed by atoms with van der Waals surface area (Å²) in [5.74, 6) is -1.49. The lowest BCUT2D eigenvalue weighted by atomic mass is 9.54. The minimum absolute atomic E-state index is 0.0600. The van der Waals surface area contributed by atoms with Crippen molar-refractivity contribution in [1.82, 2.24) is 0 Å². The van der Waals surface area contributed by atoms with Crippen LogP contribution in [0.25, 0.3) is 5.76 Å². The van der Waals surface area contributed by atoms with Crippen LogP contribution in [0.3, 0.4) is 0 Å². The number of rotatable bonds is 4. The summed E-state index contributed by atoms with van der Waals surface area (Å²) >= 11 is 0. The van der Waals surface area contributed by atoms with Crippen LogP contribution in [0.5, 0.6) is 5.75 Å². The van der Waals surface area contributed by atoms with Gasteiger partial charge in [-0.15, -0.1) is 0 Å². The molecule has 1 aromatic rings. The third-order valence-corrected chi connectivity index (χ3v) is 7.73. The monoisotopic (exact) mass is 493 g/mol. The van der Waals surface area contributed by atoms with Gasteiger partial charge in [0, 0.05) is 29.4 Å². The molecule has 3 aliphatic rings. The van der Waals surface area contributed by atoms with Gasteiger partial charge in [0.25, 0.3) is 5.91 Å². The third kappa shape index (κ3) is 3.61. The van der Waals surface area contributed by atoms with Gasteiger partial charge in [-0.05, 0) is 48.8 Å². The fourth-order valence-electron chi connectivity index (χ4n) is 6.02. The molecule has 36 heavy (non-hydrogen) atoms. The highest BCUT2D eigenvalue weighted by atomic mass is 16.3.